The van der Waals surface area contributed by atoms with Crippen LogP contribution in [-0.2, 0) is 0 Å². The van der Waals surface area contributed by atoms with Crippen molar-refractivity contribution in [2.45, 2.75) is 31.4 Å². The van der Waals surface area contributed by atoms with Crippen LogP contribution in [0.25, 0.3) is 0 Å². The molecule has 0 radical (unpaired) electrons. The number of carbonyl (C=O) groups excluding carboxylic acids is 1. The predicted octanol–water partition coefficient (Wildman–Crippen LogP) is 2.90. The smallest absolute Gasteiger partial charge is 0.257 e. The van der Waals surface area contributed by atoms with Crippen molar-refractivity contribution in [1.29, 1.82) is 0 Å². The highest BCUT2D eigenvalue weighted by atomic mass is 32.2. The first kappa shape index (κ1) is 16.1. The number of nitrogens with zero attached hydrogens (tertiary/aromatic N) is 3. The summed E-state index contributed by atoms with van der Waals surface area (Å²) in [6.45, 7) is 3.91. The van der Waals surface area contributed by atoms with E-state index in [9.17, 15) is 4.79 Å². The number of likely N-dealkylation sites (tertiary alicyclic amines) is 1. The van der Waals surface area contributed by atoms with Crippen LogP contribution in [0, 0.1) is 0 Å². The summed E-state index contributed by atoms with van der Waals surface area (Å²) < 4.78 is 0. The molecule has 4 nitrogen and oxygen atoms in total. The Hall–Kier alpha value is -1.23. The van der Waals surface area contributed by atoms with Crippen molar-refractivity contribution >= 4 is 23.5 Å². The summed E-state index contributed by atoms with van der Waals surface area (Å²) in [5, 5.41) is 0.570. The van der Waals surface area contributed by atoms with Crippen molar-refractivity contribution in [3.8, 4) is 0 Å². The first-order chi connectivity index (χ1) is 10.1. The van der Waals surface area contributed by atoms with Gasteiger partial charge in [0.15, 0.2) is 0 Å². The molecule has 0 aromatic carbocycles. The van der Waals surface area contributed by atoms with Crippen molar-refractivity contribution < 1.29 is 4.79 Å². The van der Waals surface area contributed by atoms with Crippen LogP contribution in [0.4, 0.5) is 5.82 Å². The van der Waals surface area contributed by atoms with Crippen LogP contribution in [0.15, 0.2) is 18.3 Å². The molecule has 1 aromatic heterocycles. The second kappa shape index (κ2) is 7.69. The Kier molecular flexibility index (Phi) is 5.91. The highest BCUT2D eigenvalue weighted by Crippen LogP contribution is 2.24. The van der Waals surface area contributed by atoms with E-state index in [1.165, 1.54) is 12.8 Å². The van der Waals surface area contributed by atoms with Crippen LogP contribution < -0.4 is 4.90 Å². The van der Waals surface area contributed by atoms with Gasteiger partial charge in [-0.1, -0.05) is 13.3 Å². The number of amides is 1. The highest BCUT2D eigenvalue weighted by molar-refractivity contribution is 7.99. The van der Waals surface area contributed by atoms with Gasteiger partial charge in [-0.05, 0) is 30.7 Å². The summed E-state index contributed by atoms with van der Waals surface area (Å²) in [4.78, 5) is 21.1. The van der Waals surface area contributed by atoms with E-state index >= 15 is 0 Å². The molecule has 2 rings (SSSR count). The minimum absolute atomic E-state index is 0.121. The lowest BCUT2D eigenvalue weighted by Crippen LogP contribution is -2.36. The largest absolute Gasteiger partial charge is 0.362 e. The number of pyridine rings is 1. The summed E-state index contributed by atoms with van der Waals surface area (Å²) in [6.07, 6.45) is 5.28. The Labute approximate surface area is 131 Å². The quantitative estimate of drug-likeness (QED) is 0.857. The SMILES string of the molecule is CCSC1CCCCN(C(=O)c2cccnc2N(C)C)C1. The molecule has 0 aliphatic carbocycles. The number of thioether (sulfide) groups is 1. The minimum Gasteiger partial charge on any atom is -0.362 e. The summed E-state index contributed by atoms with van der Waals surface area (Å²) in [5.41, 5.74) is 0.713. The molecule has 0 N–H and O–H groups in total. The third kappa shape index (κ3) is 4.13. The van der Waals surface area contributed by atoms with E-state index in [1.807, 2.05) is 47.8 Å². The zero-order valence-electron chi connectivity index (χ0n) is 13.2. The molecule has 116 valence electrons. The Bertz CT molecular complexity index is 478. The number of rotatable bonds is 4. The van der Waals surface area contributed by atoms with Gasteiger partial charge >= 0.3 is 0 Å². The Balaban J connectivity index is 2.18. The van der Waals surface area contributed by atoms with E-state index in [0.717, 1.165) is 31.1 Å². The zero-order chi connectivity index (χ0) is 15.2. The second-order valence-corrected chi connectivity index (χ2v) is 7.17. The fraction of sp³-hybridized carbons (Fsp3) is 0.625. The summed E-state index contributed by atoms with van der Waals surface area (Å²) >= 11 is 1.97. The molecule has 1 unspecified atom stereocenters. The average molecular weight is 307 g/mol. The van der Waals surface area contributed by atoms with Gasteiger partial charge in [0.25, 0.3) is 5.91 Å². The Morgan fingerprint density at radius 3 is 3.00 bits per heavy atom. The predicted molar refractivity (Wildman–Crippen MR) is 90.2 cm³/mol. The second-order valence-electron chi connectivity index (χ2n) is 5.59. The van der Waals surface area contributed by atoms with Crippen LogP contribution in [0.5, 0.6) is 0 Å². The van der Waals surface area contributed by atoms with Gasteiger partial charge in [-0.15, -0.1) is 0 Å². The summed E-state index contributed by atoms with van der Waals surface area (Å²) in [5.74, 6) is 1.99. The van der Waals surface area contributed by atoms with Crippen LogP contribution >= 0.6 is 11.8 Å². The molecular weight excluding hydrogens is 282 g/mol. The maximum Gasteiger partial charge on any atom is 0.257 e. The molecule has 21 heavy (non-hydrogen) atoms. The van der Waals surface area contributed by atoms with Gasteiger partial charge in [0.2, 0.25) is 0 Å². The minimum atomic E-state index is 0.121. The van der Waals surface area contributed by atoms with Crippen LogP contribution in [0.3, 0.4) is 0 Å². The van der Waals surface area contributed by atoms with Gasteiger partial charge in [-0.2, -0.15) is 11.8 Å². The maximum absolute atomic E-state index is 12.9. The fourth-order valence-electron chi connectivity index (χ4n) is 2.75. The Morgan fingerprint density at radius 1 is 1.48 bits per heavy atom. The van der Waals surface area contributed by atoms with E-state index in [1.54, 1.807) is 6.20 Å². The monoisotopic (exact) mass is 307 g/mol. The fourth-order valence-corrected chi connectivity index (χ4v) is 3.84. The van der Waals surface area contributed by atoms with Gasteiger partial charge < -0.3 is 9.80 Å². The van der Waals surface area contributed by atoms with Gasteiger partial charge in [0.05, 0.1) is 5.56 Å². The van der Waals surface area contributed by atoms with Crippen molar-refractivity contribution in [2.75, 3.05) is 37.8 Å². The number of anilines is 1. The van der Waals surface area contributed by atoms with Crippen molar-refractivity contribution in [1.82, 2.24) is 9.88 Å². The number of hydrogen-bond acceptors (Lipinski definition) is 4. The molecule has 2 heterocycles. The number of aromatic nitrogens is 1. The standard InChI is InChI=1S/C16H25N3OS/c1-4-21-13-8-5-6-11-19(12-13)16(20)14-9-7-10-17-15(14)18(2)3/h7,9-10,13H,4-6,8,11-12H2,1-3H3. The highest BCUT2D eigenvalue weighted by Gasteiger charge is 2.25. The first-order valence-corrected chi connectivity index (χ1v) is 8.71. The maximum atomic E-state index is 12.9. The van der Waals surface area contributed by atoms with E-state index < -0.39 is 0 Å². The molecule has 0 bridgehead atoms. The third-order valence-corrected chi connectivity index (χ3v) is 4.95. The third-order valence-electron chi connectivity index (χ3n) is 3.76. The topological polar surface area (TPSA) is 36.4 Å². The van der Waals surface area contributed by atoms with Crippen LogP contribution in [0.1, 0.15) is 36.5 Å². The molecule has 1 aliphatic heterocycles. The molecule has 1 amide bonds. The van der Waals surface area contributed by atoms with Crippen molar-refractivity contribution in [3.05, 3.63) is 23.9 Å². The first-order valence-electron chi connectivity index (χ1n) is 7.66. The molecule has 0 saturated carbocycles. The molecule has 0 spiro atoms. The molecule has 5 heteroatoms. The molecular formula is C16H25N3OS. The van der Waals surface area contributed by atoms with Gasteiger partial charge in [-0.3, -0.25) is 4.79 Å². The lowest BCUT2D eigenvalue weighted by atomic mass is 10.2. The van der Waals surface area contributed by atoms with Crippen LogP contribution in [0.2, 0.25) is 0 Å². The van der Waals surface area contributed by atoms with E-state index in [2.05, 4.69) is 11.9 Å². The van der Waals surface area contributed by atoms with Crippen molar-refractivity contribution in [3.63, 3.8) is 0 Å². The molecule has 1 saturated heterocycles. The lowest BCUT2D eigenvalue weighted by molar-refractivity contribution is 0.0763. The summed E-state index contributed by atoms with van der Waals surface area (Å²) in [7, 11) is 3.86. The van der Waals surface area contributed by atoms with Crippen molar-refractivity contribution in [2.24, 2.45) is 0 Å². The van der Waals surface area contributed by atoms with Crippen LogP contribution in [-0.4, -0.2) is 54.0 Å². The van der Waals surface area contributed by atoms with Gasteiger partial charge in [-0.25, -0.2) is 4.98 Å². The lowest BCUT2D eigenvalue weighted by Gasteiger charge is -2.25. The van der Waals surface area contributed by atoms with E-state index in [4.69, 9.17) is 0 Å². The molecule has 1 atom stereocenters. The molecule has 1 aromatic rings. The van der Waals surface area contributed by atoms with Gasteiger partial charge in [0, 0.05) is 38.6 Å². The van der Waals surface area contributed by atoms with E-state index in [-0.39, 0.29) is 5.91 Å². The molecule has 1 aliphatic rings. The van der Waals surface area contributed by atoms with Gasteiger partial charge in [0.1, 0.15) is 5.82 Å². The number of carbonyl (C=O) groups is 1. The average Bonchev–Trinajstić information content (AvgIpc) is 2.72. The molecule has 1 fully saturated rings. The summed E-state index contributed by atoms with van der Waals surface area (Å²) in [6, 6.07) is 3.73. The van der Waals surface area contributed by atoms with E-state index in [0.29, 0.717) is 10.8 Å². The Morgan fingerprint density at radius 2 is 2.29 bits per heavy atom. The zero-order valence-corrected chi connectivity index (χ0v) is 14.0. The normalized spacial score (nSPS) is 19.2. The number of hydrogen-bond donors (Lipinski definition) is 0.